The molecule has 2 unspecified atom stereocenters. The van der Waals surface area contributed by atoms with Crippen molar-refractivity contribution in [1.29, 1.82) is 0 Å². The largest absolute Gasteiger partial charge is 0.312 e. The van der Waals surface area contributed by atoms with Gasteiger partial charge in [-0.05, 0) is 38.1 Å². The van der Waals surface area contributed by atoms with Crippen molar-refractivity contribution in [1.82, 2.24) is 10.2 Å². The number of likely N-dealkylation sites (tertiary alicyclic amines) is 1. The molecule has 0 aromatic heterocycles. The molecule has 16 heavy (non-hydrogen) atoms. The van der Waals surface area contributed by atoms with Gasteiger partial charge in [0.15, 0.2) is 0 Å². The molecule has 1 rings (SSSR count). The molecule has 0 radical (unpaired) electrons. The third-order valence-corrected chi connectivity index (χ3v) is 3.59. The van der Waals surface area contributed by atoms with Crippen LogP contribution >= 0.6 is 0 Å². The molecule has 2 atom stereocenters. The average Bonchev–Trinajstić information content (AvgIpc) is 2.25. The summed E-state index contributed by atoms with van der Waals surface area (Å²) in [6.07, 6.45) is 3.97. The van der Waals surface area contributed by atoms with Crippen LogP contribution in [0.3, 0.4) is 0 Å². The van der Waals surface area contributed by atoms with Crippen LogP contribution in [0.4, 0.5) is 0 Å². The van der Waals surface area contributed by atoms with Crippen molar-refractivity contribution in [2.24, 2.45) is 5.41 Å². The van der Waals surface area contributed by atoms with Crippen molar-refractivity contribution in [2.45, 2.75) is 66.0 Å². The lowest BCUT2D eigenvalue weighted by atomic mass is 9.95. The zero-order valence-electron chi connectivity index (χ0n) is 11.8. The highest BCUT2D eigenvalue weighted by Gasteiger charge is 2.23. The molecule has 1 aliphatic rings. The van der Waals surface area contributed by atoms with Crippen LogP contribution < -0.4 is 5.32 Å². The zero-order valence-corrected chi connectivity index (χ0v) is 11.8. The van der Waals surface area contributed by atoms with Crippen LogP contribution in [0.15, 0.2) is 0 Å². The monoisotopic (exact) mass is 226 g/mol. The fourth-order valence-electron chi connectivity index (χ4n) is 2.28. The Labute approximate surface area is 102 Å². The highest BCUT2D eigenvalue weighted by atomic mass is 15.2. The first kappa shape index (κ1) is 14.0. The first-order chi connectivity index (χ1) is 7.42. The van der Waals surface area contributed by atoms with Gasteiger partial charge in [-0.3, -0.25) is 4.90 Å². The number of nitrogens with one attached hydrogen (secondary N) is 1. The normalized spacial score (nSPS) is 25.7. The molecule has 1 fully saturated rings. The van der Waals surface area contributed by atoms with E-state index in [4.69, 9.17) is 0 Å². The maximum Gasteiger partial charge on any atom is 0.0195 e. The van der Waals surface area contributed by atoms with Gasteiger partial charge in [0.05, 0.1) is 0 Å². The van der Waals surface area contributed by atoms with Crippen LogP contribution in [0.5, 0.6) is 0 Å². The number of hydrogen-bond acceptors (Lipinski definition) is 2. The number of nitrogens with zero attached hydrogens (tertiary/aromatic N) is 1. The second-order valence-corrected chi connectivity index (χ2v) is 6.53. The summed E-state index contributed by atoms with van der Waals surface area (Å²) in [5.74, 6) is 0. The van der Waals surface area contributed by atoms with Gasteiger partial charge in [-0.2, -0.15) is 0 Å². The second kappa shape index (κ2) is 6.02. The summed E-state index contributed by atoms with van der Waals surface area (Å²) in [5.41, 5.74) is 0.401. The van der Waals surface area contributed by atoms with Crippen molar-refractivity contribution in [2.75, 3.05) is 19.6 Å². The van der Waals surface area contributed by atoms with Crippen molar-refractivity contribution in [3.05, 3.63) is 0 Å². The summed E-state index contributed by atoms with van der Waals surface area (Å²) in [6, 6.07) is 1.46. The lowest BCUT2D eigenvalue weighted by Gasteiger charge is -2.38. The summed E-state index contributed by atoms with van der Waals surface area (Å²) in [5, 5.41) is 3.73. The molecule has 1 aliphatic heterocycles. The minimum Gasteiger partial charge on any atom is -0.312 e. The van der Waals surface area contributed by atoms with E-state index < -0.39 is 0 Å². The van der Waals surface area contributed by atoms with E-state index in [1.165, 1.54) is 32.4 Å². The molecule has 2 nitrogen and oxygen atoms in total. The Hall–Kier alpha value is -0.0800. The molecule has 1 saturated heterocycles. The third-order valence-electron chi connectivity index (χ3n) is 3.59. The Morgan fingerprint density at radius 3 is 2.62 bits per heavy atom. The van der Waals surface area contributed by atoms with E-state index in [1.54, 1.807) is 0 Å². The smallest absolute Gasteiger partial charge is 0.0195 e. The quantitative estimate of drug-likeness (QED) is 0.793. The number of piperidine rings is 1. The lowest BCUT2D eigenvalue weighted by Crippen LogP contribution is -2.50. The van der Waals surface area contributed by atoms with E-state index in [9.17, 15) is 0 Å². The zero-order chi connectivity index (χ0) is 12.2. The molecule has 1 heterocycles. The predicted octanol–water partition coefficient (Wildman–Crippen LogP) is 2.89. The molecule has 0 saturated carbocycles. The molecule has 0 spiro atoms. The first-order valence-electron chi connectivity index (χ1n) is 6.90. The van der Waals surface area contributed by atoms with Gasteiger partial charge in [0, 0.05) is 25.2 Å². The minimum atomic E-state index is 0.401. The first-order valence-corrected chi connectivity index (χ1v) is 6.90. The summed E-state index contributed by atoms with van der Waals surface area (Å²) < 4.78 is 0. The van der Waals surface area contributed by atoms with Crippen molar-refractivity contribution in [3.63, 3.8) is 0 Å². The Morgan fingerprint density at radius 2 is 2.06 bits per heavy atom. The molecule has 0 aromatic carbocycles. The predicted molar refractivity (Wildman–Crippen MR) is 71.8 cm³/mol. The molecule has 0 bridgehead atoms. The number of hydrogen-bond donors (Lipinski definition) is 1. The highest BCUT2D eigenvalue weighted by molar-refractivity contribution is 4.82. The van der Waals surface area contributed by atoms with Gasteiger partial charge >= 0.3 is 0 Å². The van der Waals surface area contributed by atoms with E-state index in [1.807, 2.05) is 0 Å². The maximum atomic E-state index is 3.73. The fourth-order valence-corrected chi connectivity index (χ4v) is 2.28. The standard InChI is InChI=1S/C14H30N2/c1-6-12(2)16-9-7-8-13(10-16)15-11-14(3,4)5/h12-13,15H,6-11H2,1-5H3. The molecular weight excluding hydrogens is 196 g/mol. The topological polar surface area (TPSA) is 15.3 Å². The van der Waals surface area contributed by atoms with E-state index in [0.717, 1.165) is 12.6 Å². The van der Waals surface area contributed by atoms with Crippen LogP contribution in [0.25, 0.3) is 0 Å². The minimum absolute atomic E-state index is 0.401. The summed E-state index contributed by atoms with van der Waals surface area (Å²) in [4.78, 5) is 2.64. The van der Waals surface area contributed by atoms with Crippen molar-refractivity contribution < 1.29 is 0 Å². The Morgan fingerprint density at radius 1 is 1.38 bits per heavy atom. The third kappa shape index (κ3) is 4.84. The summed E-state index contributed by atoms with van der Waals surface area (Å²) in [6.45, 7) is 15.2. The van der Waals surface area contributed by atoms with Crippen LogP contribution in [-0.4, -0.2) is 36.6 Å². The van der Waals surface area contributed by atoms with Gasteiger partial charge in [0.1, 0.15) is 0 Å². The summed E-state index contributed by atoms with van der Waals surface area (Å²) in [7, 11) is 0. The van der Waals surface area contributed by atoms with Gasteiger partial charge in [-0.25, -0.2) is 0 Å². The average molecular weight is 226 g/mol. The van der Waals surface area contributed by atoms with Gasteiger partial charge in [-0.1, -0.05) is 27.7 Å². The van der Waals surface area contributed by atoms with E-state index in [0.29, 0.717) is 11.5 Å². The summed E-state index contributed by atoms with van der Waals surface area (Å²) >= 11 is 0. The molecular formula is C14H30N2. The molecule has 2 heteroatoms. The van der Waals surface area contributed by atoms with Crippen molar-refractivity contribution in [3.8, 4) is 0 Å². The van der Waals surface area contributed by atoms with Gasteiger partial charge < -0.3 is 5.32 Å². The van der Waals surface area contributed by atoms with Crippen LogP contribution in [0.2, 0.25) is 0 Å². The van der Waals surface area contributed by atoms with Gasteiger partial charge in [0.2, 0.25) is 0 Å². The van der Waals surface area contributed by atoms with E-state index in [2.05, 4.69) is 44.8 Å². The molecule has 0 aromatic rings. The SMILES string of the molecule is CCC(C)N1CCCC(NCC(C)(C)C)C1. The van der Waals surface area contributed by atoms with E-state index >= 15 is 0 Å². The van der Waals surface area contributed by atoms with Crippen LogP contribution in [0.1, 0.15) is 53.9 Å². The highest BCUT2D eigenvalue weighted by Crippen LogP contribution is 2.16. The fraction of sp³-hybridized carbons (Fsp3) is 1.00. The lowest BCUT2D eigenvalue weighted by molar-refractivity contribution is 0.138. The second-order valence-electron chi connectivity index (χ2n) is 6.53. The molecule has 0 amide bonds. The maximum absolute atomic E-state index is 3.73. The van der Waals surface area contributed by atoms with Crippen LogP contribution in [0, 0.1) is 5.41 Å². The van der Waals surface area contributed by atoms with E-state index in [-0.39, 0.29) is 0 Å². The van der Waals surface area contributed by atoms with Crippen LogP contribution in [-0.2, 0) is 0 Å². The van der Waals surface area contributed by atoms with Gasteiger partial charge in [0.25, 0.3) is 0 Å². The van der Waals surface area contributed by atoms with Crippen molar-refractivity contribution >= 4 is 0 Å². The molecule has 0 aliphatic carbocycles. The molecule has 96 valence electrons. The Kier molecular flexibility index (Phi) is 5.26. The molecule has 1 N–H and O–H groups in total. The Balaban J connectivity index is 2.33. The van der Waals surface area contributed by atoms with Gasteiger partial charge in [-0.15, -0.1) is 0 Å². The number of rotatable bonds is 4. The Bertz CT molecular complexity index is 195.